The molecule has 1 rings (SSSR count). The summed E-state index contributed by atoms with van der Waals surface area (Å²) in [4.78, 5) is 11.5. The number of carbonyl (C=O) groups is 1. The van der Waals surface area contributed by atoms with Crippen LogP contribution in [0, 0.1) is 0 Å². The maximum Gasteiger partial charge on any atom is 0.331 e. The largest absolute Gasteiger partial charge is 0.459 e. The fraction of sp³-hybridized carbons (Fsp3) is 0.267. The molecule has 2 heteroatoms. The summed E-state index contributed by atoms with van der Waals surface area (Å²) in [7, 11) is 0. The van der Waals surface area contributed by atoms with E-state index in [0.717, 1.165) is 12.0 Å². The minimum absolute atomic E-state index is 0.0691. The zero-order valence-electron chi connectivity index (χ0n) is 10.1. The third kappa shape index (κ3) is 5.16. The molecule has 2 nitrogen and oxygen atoms in total. The molecule has 0 saturated heterocycles. The number of hydrogen-bond donors (Lipinski definition) is 0. The van der Waals surface area contributed by atoms with E-state index in [2.05, 4.69) is 6.58 Å². The lowest BCUT2D eigenvalue weighted by atomic mass is 10.2. The lowest BCUT2D eigenvalue weighted by molar-refractivity contribution is -0.142. The molecule has 90 valence electrons. The van der Waals surface area contributed by atoms with E-state index in [4.69, 9.17) is 4.74 Å². The summed E-state index contributed by atoms with van der Waals surface area (Å²) in [6.45, 7) is 5.63. The van der Waals surface area contributed by atoms with Gasteiger partial charge in [-0.25, -0.2) is 4.79 Å². The first kappa shape index (κ1) is 13.2. The van der Waals surface area contributed by atoms with Crippen LogP contribution in [0.4, 0.5) is 0 Å². The predicted molar refractivity (Wildman–Crippen MR) is 70.5 cm³/mol. The lowest BCUT2D eigenvalue weighted by Gasteiger charge is -2.12. The first-order valence-corrected chi connectivity index (χ1v) is 5.81. The van der Waals surface area contributed by atoms with Gasteiger partial charge in [-0.1, -0.05) is 43.3 Å². The third-order valence-corrected chi connectivity index (χ3v) is 2.38. The molecule has 0 aliphatic rings. The number of benzene rings is 1. The van der Waals surface area contributed by atoms with E-state index in [0.29, 0.717) is 6.42 Å². The topological polar surface area (TPSA) is 26.3 Å². The van der Waals surface area contributed by atoms with Gasteiger partial charge in [0.2, 0.25) is 0 Å². The monoisotopic (exact) mass is 230 g/mol. The van der Waals surface area contributed by atoms with Gasteiger partial charge in [0.15, 0.2) is 0 Å². The van der Waals surface area contributed by atoms with E-state index in [1.165, 1.54) is 6.08 Å². The van der Waals surface area contributed by atoms with Gasteiger partial charge in [0.25, 0.3) is 0 Å². The van der Waals surface area contributed by atoms with Crippen LogP contribution >= 0.6 is 0 Å². The van der Waals surface area contributed by atoms with Crippen LogP contribution in [0.25, 0.3) is 6.08 Å². The highest BCUT2D eigenvalue weighted by atomic mass is 16.5. The van der Waals surface area contributed by atoms with E-state index in [1.54, 1.807) is 12.2 Å². The maximum atomic E-state index is 11.5. The second-order valence-electron chi connectivity index (χ2n) is 3.74. The SMILES string of the molecule is C=CCC(CC)OC(=O)/C=C/c1ccccc1. The Labute approximate surface area is 103 Å². The molecular formula is C15H18O2. The number of esters is 1. The first-order valence-electron chi connectivity index (χ1n) is 5.81. The van der Waals surface area contributed by atoms with Crippen LogP contribution in [0.2, 0.25) is 0 Å². The Bertz CT molecular complexity index is 379. The van der Waals surface area contributed by atoms with Crippen molar-refractivity contribution in [3.63, 3.8) is 0 Å². The van der Waals surface area contributed by atoms with Gasteiger partial charge in [0, 0.05) is 12.5 Å². The standard InChI is InChI=1S/C15H18O2/c1-3-8-14(4-2)17-15(16)12-11-13-9-6-5-7-10-13/h3,5-7,9-12,14H,1,4,8H2,2H3/b12-11+. The van der Waals surface area contributed by atoms with Gasteiger partial charge in [0.1, 0.15) is 6.10 Å². The summed E-state index contributed by atoms with van der Waals surface area (Å²) >= 11 is 0. The minimum atomic E-state index is -0.303. The van der Waals surface area contributed by atoms with Crippen LogP contribution in [0.15, 0.2) is 49.1 Å². The third-order valence-electron chi connectivity index (χ3n) is 2.38. The molecule has 0 N–H and O–H groups in total. The molecule has 0 aliphatic heterocycles. The van der Waals surface area contributed by atoms with Crippen molar-refractivity contribution in [3.8, 4) is 0 Å². The van der Waals surface area contributed by atoms with Gasteiger partial charge >= 0.3 is 5.97 Å². The molecule has 1 aromatic rings. The highest BCUT2D eigenvalue weighted by molar-refractivity contribution is 5.87. The Balaban J connectivity index is 2.49. The zero-order valence-corrected chi connectivity index (χ0v) is 10.1. The van der Waals surface area contributed by atoms with Crippen LogP contribution in [0.5, 0.6) is 0 Å². The maximum absolute atomic E-state index is 11.5. The van der Waals surface area contributed by atoms with E-state index in [-0.39, 0.29) is 12.1 Å². The second-order valence-corrected chi connectivity index (χ2v) is 3.74. The summed E-state index contributed by atoms with van der Waals surface area (Å²) in [5.74, 6) is -0.303. The smallest absolute Gasteiger partial charge is 0.331 e. The number of carbonyl (C=O) groups excluding carboxylic acids is 1. The van der Waals surface area contributed by atoms with Crippen LogP contribution in [-0.2, 0) is 9.53 Å². The van der Waals surface area contributed by atoms with Crippen molar-refractivity contribution < 1.29 is 9.53 Å². The van der Waals surface area contributed by atoms with Crippen molar-refractivity contribution in [1.29, 1.82) is 0 Å². The van der Waals surface area contributed by atoms with E-state index < -0.39 is 0 Å². The Hall–Kier alpha value is -1.83. The molecule has 0 aliphatic carbocycles. The summed E-state index contributed by atoms with van der Waals surface area (Å²) < 4.78 is 5.26. The molecule has 0 aromatic heterocycles. The molecule has 0 saturated carbocycles. The molecule has 0 amide bonds. The molecule has 0 fully saturated rings. The summed E-state index contributed by atoms with van der Waals surface area (Å²) in [6.07, 6.45) is 6.41. The Morgan fingerprint density at radius 2 is 2.12 bits per heavy atom. The zero-order chi connectivity index (χ0) is 12.5. The average molecular weight is 230 g/mol. The quantitative estimate of drug-likeness (QED) is 0.424. The summed E-state index contributed by atoms with van der Waals surface area (Å²) in [6, 6.07) is 9.66. The molecule has 17 heavy (non-hydrogen) atoms. The van der Waals surface area contributed by atoms with Crippen molar-refractivity contribution in [2.24, 2.45) is 0 Å². The fourth-order valence-corrected chi connectivity index (χ4v) is 1.42. The minimum Gasteiger partial charge on any atom is -0.459 e. The first-order chi connectivity index (χ1) is 8.26. The Morgan fingerprint density at radius 1 is 1.41 bits per heavy atom. The molecule has 0 spiro atoms. The molecule has 0 bridgehead atoms. The van der Waals surface area contributed by atoms with E-state index in [9.17, 15) is 4.79 Å². The van der Waals surface area contributed by atoms with Gasteiger partial charge < -0.3 is 4.74 Å². The van der Waals surface area contributed by atoms with Crippen molar-refractivity contribution in [3.05, 3.63) is 54.6 Å². The normalized spacial score (nSPS) is 12.3. The van der Waals surface area contributed by atoms with Crippen LogP contribution in [0.3, 0.4) is 0 Å². The molecular weight excluding hydrogens is 212 g/mol. The lowest BCUT2D eigenvalue weighted by Crippen LogP contribution is -2.14. The summed E-state index contributed by atoms with van der Waals surface area (Å²) in [5, 5.41) is 0. The molecule has 1 atom stereocenters. The highest BCUT2D eigenvalue weighted by Gasteiger charge is 2.07. The molecule has 1 aromatic carbocycles. The number of rotatable bonds is 6. The highest BCUT2D eigenvalue weighted by Crippen LogP contribution is 2.06. The van der Waals surface area contributed by atoms with Crippen molar-refractivity contribution in [1.82, 2.24) is 0 Å². The van der Waals surface area contributed by atoms with Gasteiger partial charge in [-0.05, 0) is 18.1 Å². The molecule has 0 heterocycles. The Morgan fingerprint density at radius 3 is 2.71 bits per heavy atom. The van der Waals surface area contributed by atoms with Gasteiger partial charge in [-0.2, -0.15) is 0 Å². The number of hydrogen-bond acceptors (Lipinski definition) is 2. The van der Waals surface area contributed by atoms with E-state index >= 15 is 0 Å². The van der Waals surface area contributed by atoms with E-state index in [1.807, 2.05) is 37.3 Å². The van der Waals surface area contributed by atoms with Crippen molar-refractivity contribution in [2.45, 2.75) is 25.9 Å². The van der Waals surface area contributed by atoms with Gasteiger partial charge in [-0.15, -0.1) is 6.58 Å². The molecule has 0 radical (unpaired) electrons. The fourth-order valence-electron chi connectivity index (χ4n) is 1.42. The predicted octanol–water partition coefficient (Wildman–Crippen LogP) is 3.60. The second kappa shape index (κ2) is 7.44. The van der Waals surface area contributed by atoms with Gasteiger partial charge in [0.05, 0.1) is 0 Å². The van der Waals surface area contributed by atoms with Crippen LogP contribution < -0.4 is 0 Å². The number of ether oxygens (including phenoxy) is 1. The van der Waals surface area contributed by atoms with Crippen molar-refractivity contribution in [2.75, 3.05) is 0 Å². The Kier molecular flexibility index (Phi) is 5.80. The van der Waals surface area contributed by atoms with Crippen molar-refractivity contribution >= 4 is 12.0 Å². The average Bonchev–Trinajstić information content (AvgIpc) is 2.37. The van der Waals surface area contributed by atoms with Crippen LogP contribution in [-0.4, -0.2) is 12.1 Å². The van der Waals surface area contributed by atoms with Crippen LogP contribution in [0.1, 0.15) is 25.3 Å². The van der Waals surface area contributed by atoms with Gasteiger partial charge in [-0.3, -0.25) is 0 Å². The molecule has 1 unspecified atom stereocenters. The summed E-state index contributed by atoms with van der Waals surface area (Å²) in [5.41, 5.74) is 0.987.